The van der Waals surface area contributed by atoms with Crippen LogP contribution < -0.4 is 10.2 Å². The second kappa shape index (κ2) is 9.05. The number of amides is 1. The summed E-state index contributed by atoms with van der Waals surface area (Å²) in [6, 6.07) is 5.01. The van der Waals surface area contributed by atoms with Crippen LogP contribution in [0.4, 0.5) is 20.2 Å². The largest absolute Gasteiger partial charge is 0.378 e. The number of anilines is 2. The lowest BCUT2D eigenvalue weighted by Crippen LogP contribution is -2.36. The number of hydrogen-bond donors (Lipinski definition) is 1. The summed E-state index contributed by atoms with van der Waals surface area (Å²) in [7, 11) is 0. The van der Waals surface area contributed by atoms with Crippen molar-refractivity contribution in [1.82, 2.24) is 14.0 Å². The van der Waals surface area contributed by atoms with E-state index in [-0.39, 0.29) is 11.3 Å². The fourth-order valence-electron chi connectivity index (χ4n) is 4.45. The standard InChI is InChI=1S/C27H29F2N5O2/c1-17-11-21(28)23(31-26(35)20-15-34(16-22(20)29)27(2,3)4)13-19(17)18-12-24(32-7-9-36-10-8-32)25-30-5-6-33(25)14-18/h5-6,11-16H,7-10H2,1-4H3,(H,31,35). The number of halogens is 2. The van der Waals surface area contributed by atoms with Gasteiger partial charge in [0.05, 0.1) is 30.2 Å². The summed E-state index contributed by atoms with van der Waals surface area (Å²) in [5.74, 6) is -1.95. The Morgan fingerprint density at radius 3 is 2.50 bits per heavy atom. The summed E-state index contributed by atoms with van der Waals surface area (Å²) in [4.78, 5) is 19.6. The molecule has 0 bridgehead atoms. The predicted molar refractivity (Wildman–Crippen MR) is 136 cm³/mol. The van der Waals surface area contributed by atoms with Crippen LogP contribution in [0, 0.1) is 18.6 Å². The predicted octanol–water partition coefficient (Wildman–Crippen LogP) is 5.23. The monoisotopic (exact) mass is 493 g/mol. The van der Waals surface area contributed by atoms with E-state index in [1.54, 1.807) is 16.8 Å². The van der Waals surface area contributed by atoms with Gasteiger partial charge in [-0.1, -0.05) is 0 Å². The summed E-state index contributed by atoms with van der Waals surface area (Å²) >= 11 is 0. The minimum Gasteiger partial charge on any atom is -0.378 e. The van der Waals surface area contributed by atoms with Crippen molar-refractivity contribution in [2.24, 2.45) is 0 Å². The molecule has 0 spiro atoms. The molecule has 5 rings (SSSR count). The highest BCUT2D eigenvalue weighted by atomic mass is 19.1. The van der Waals surface area contributed by atoms with Gasteiger partial charge in [0.25, 0.3) is 5.91 Å². The number of aryl methyl sites for hydroxylation is 1. The van der Waals surface area contributed by atoms with Gasteiger partial charge in [-0.2, -0.15) is 0 Å². The van der Waals surface area contributed by atoms with Gasteiger partial charge in [0.2, 0.25) is 0 Å². The van der Waals surface area contributed by atoms with Crippen LogP contribution in [0.25, 0.3) is 16.8 Å². The van der Waals surface area contributed by atoms with E-state index in [0.717, 1.165) is 35.6 Å². The van der Waals surface area contributed by atoms with Gasteiger partial charge in [-0.15, -0.1) is 0 Å². The lowest BCUT2D eigenvalue weighted by atomic mass is 10.00. The lowest BCUT2D eigenvalue weighted by molar-refractivity contribution is 0.102. The van der Waals surface area contributed by atoms with Crippen molar-refractivity contribution >= 4 is 22.9 Å². The summed E-state index contributed by atoms with van der Waals surface area (Å²) < 4.78 is 38.5. The van der Waals surface area contributed by atoms with Crippen LogP contribution in [0.3, 0.4) is 0 Å². The number of imidazole rings is 1. The number of hydrogen-bond acceptors (Lipinski definition) is 4. The minimum atomic E-state index is -0.705. The van der Waals surface area contributed by atoms with Crippen molar-refractivity contribution in [3.05, 3.63) is 71.9 Å². The van der Waals surface area contributed by atoms with Gasteiger partial charge in [0.15, 0.2) is 11.5 Å². The van der Waals surface area contributed by atoms with Gasteiger partial charge >= 0.3 is 0 Å². The van der Waals surface area contributed by atoms with E-state index in [4.69, 9.17) is 4.74 Å². The van der Waals surface area contributed by atoms with Gasteiger partial charge in [-0.3, -0.25) is 4.79 Å². The number of pyridine rings is 1. The summed E-state index contributed by atoms with van der Waals surface area (Å²) in [6.07, 6.45) is 8.26. The molecule has 1 N–H and O–H groups in total. The smallest absolute Gasteiger partial charge is 0.260 e. The molecule has 0 atom stereocenters. The van der Waals surface area contributed by atoms with Crippen molar-refractivity contribution in [3.8, 4) is 11.1 Å². The zero-order valence-electron chi connectivity index (χ0n) is 20.8. The van der Waals surface area contributed by atoms with E-state index in [0.29, 0.717) is 18.8 Å². The second-order valence-corrected chi connectivity index (χ2v) is 10.1. The van der Waals surface area contributed by atoms with Crippen molar-refractivity contribution in [2.45, 2.75) is 33.2 Å². The Hall–Kier alpha value is -3.72. The van der Waals surface area contributed by atoms with Crippen molar-refractivity contribution < 1.29 is 18.3 Å². The van der Waals surface area contributed by atoms with Crippen molar-refractivity contribution in [2.75, 3.05) is 36.5 Å². The van der Waals surface area contributed by atoms with E-state index in [2.05, 4.69) is 15.2 Å². The first-order valence-electron chi connectivity index (χ1n) is 11.9. The molecule has 1 aliphatic rings. The molecule has 0 radical (unpaired) electrons. The van der Waals surface area contributed by atoms with Crippen LogP contribution in [0.5, 0.6) is 0 Å². The number of nitrogens with one attached hydrogen (secondary N) is 1. The number of morpholine rings is 1. The van der Waals surface area contributed by atoms with E-state index >= 15 is 0 Å². The molecule has 1 amide bonds. The first kappa shape index (κ1) is 24.0. The number of rotatable bonds is 4. The number of fused-ring (bicyclic) bond motifs is 1. The molecule has 3 aromatic heterocycles. The molecule has 4 heterocycles. The van der Waals surface area contributed by atoms with E-state index in [1.807, 2.05) is 50.6 Å². The topological polar surface area (TPSA) is 63.8 Å². The fraction of sp³-hybridized carbons (Fsp3) is 0.333. The summed E-state index contributed by atoms with van der Waals surface area (Å²) in [6.45, 7) is 10.3. The molecule has 1 saturated heterocycles. The number of benzene rings is 1. The molecular formula is C27H29F2N5O2. The Balaban J connectivity index is 1.52. The maximum Gasteiger partial charge on any atom is 0.260 e. The minimum absolute atomic E-state index is 0.0119. The Bertz CT molecular complexity index is 1440. The third kappa shape index (κ3) is 4.46. The van der Waals surface area contributed by atoms with Crippen LogP contribution >= 0.6 is 0 Å². The molecule has 1 aliphatic heterocycles. The first-order valence-corrected chi connectivity index (χ1v) is 11.9. The van der Waals surface area contributed by atoms with Gasteiger partial charge in [0.1, 0.15) is 5.82 Å². The molecule has 36 heavy (non-hydrogen) atoms. The zero-order chi connectivity index (χ0) is 25.6. The van der Waals surface area contributed by atoms with Crippen LogP contribution in [-0.2, 0) is 10.3 Å². The van der Waals surface area contributed by atoms with Gasteiger partial charge in [0, 0.05) is 55.2 Å². The molecule has 188 valence electrons. The highest BCUT2D eigenvalue weighted by Crippen LogP contribution is 2.33. The average molecular weight is 494 g/mol. The number of ether oxygens (including phenoxy) is 1. The lowest BCUT2D eigenvalue weighted by Gasteiger charge is -2.29. The van der Waals surface area contributed by atoms with Crippen LogP contribution in [-0.4, -0.2) is 46.2 Å². The Morgan fingerprint density at radius 1 is 1.06 bits per heavy atom. The maximum absolute atomic E-state index is 14.9. The average Bonchev–Trinajstić information content (AvgIpc) is 3.47. The van der Waals surface area contributed by atoms with Crippen LogP contribution in [0.1, 0.15) is 36.7 Å². The molecule has 7 nitrogen and oxygen atoms in total. The number of nitrogens with zero attached hydrogens (tertiary/aromatic N) is 4. The summed E-state index contributed by atoms with van der Waals surface area (Å²) in [5.41, 5.74) is 3.55. The fourth-order valence-corrected chi connectivity index (χ4v) is 4.45. The van der Waals surface area contributed by atoms with Gasteiger partial charge in [-0.25, -0.2) is 13.8 Å². The van der Waals surface area contributed by atoms with Crippen LogP contribution in [0.2, 0.25) is 0 Å². The van der Waals surface area contributed by atoms with Gasteiger partial charge in [-0.05, 0) is 57.0 Å². The molecule has 1 fully saturated rings. The van der Waals surface area contributed by atoms with Crippen molar-refractivity contribution in [1.29, 1.82) is 0 Å². The molecule has 0 aliphatic carbocycles. The number of aromatic nitrogens is 3. The quantitative estimate of drug-likeness (QED) is 0.423. The molecule has 9 heteroatoms. The molecule has 1 aromatic carbocycles. The Morgan fingerprint density at radius 2 is 1.81 bits per heavy atom. The number of carbonyl (C=O) groups is 1. The third-order valence-corrected chi connectivity index (χ3v) is 6.49. The Kier molecular flexibility index (Phi) is 6.04. The molecule has 0 saturated carbocycles. The van der Waals surface area contributed by atoms with Crippen molar-refractivity contribution in [3.63, 3.8) is 0 Å². The first-order chi connectivity index (χ1) is 17.1. The molecule has 4 aromatic rings. The Labute approximate surface area is 208 Å². The van der Waals surface area contributed by atoms with Crippen LogP contribution in [0.15, 0.2) is 49.2 Å². The summed E-state index contributed by atoms with van der Waals surface area (Å²) in [5, 5.41) is 2.57. The highest BCUT2D eigenvalue weighted by Gasteiger charge is 2.22. The molecule has 0 unspecified atom stereocenters. The normalized spacial score (nSPS) is 14.4. The zero-order valence-corrected chi connectivity index (χ0v) is 20.8. The number of carbonyl (C=O) groups excluding carboxylic acids is 1. The SMILES string of the molecule is Cc1cc(F)c(NC(=O)c2cn(C(C)(C)C)cc2F)cc1-c1cc(N2CCOCC2)c2nccn2c1. The molecular weight excluding hydrogens is 464 g/mol. The highest BCUT2D eigenvalue weighted by molar-refractivity contribution is 6.04. The van der Waals surface area contributed by atoms with E-state index in [9.17, 15) is 13.6 Å². The maximum atomic E-state index is 14.9. The van der Waals surface area contributed by atoms with E-state index < -0.39 is 23.1 Å². The van der Waals surface area contributed by atoms with Gasteiger partial charge < -0.3 is 23.9 Å². The van der Waals surface area contributed by atoms with E-state index in [1.165, 1.54) is 18.5 Å². The second-order valence-electron chi connectivity index (χ2n) is 10.1. The third-order valence-electron chi connectivity index (χ3n) is 6.49.